The van der Waals surface area contributed by atoms with E-state index >= 15 is 0 Å². The summed E-state index contributed by atoms with van der Waals surface area (Å²) in [6.45, 7) is 5.59. The molecule has 0 radical (unpaired) electrons. The second kappa shape index (κ2) is 4.10. The quantitative estimate of drug-likeness (QED) is 0.683. The molecule has 2 rings (SSSR count). The van der Waals surface area contributed by atoms with Gasteiger partial charge in [0.25, 0.3) is 5.91 Å². The third kappa shape index (κ3) is 2.16. The van der Waals surface area contributed by atoms with Crippen LogP contribution in [0.5, 0.6) is 0 Å². The van der Waals surface area contributed by atoms with Gasteiger partial charge < -0.3 is 15.4 Å². The summed E-state index contributed by atoms with van der Waals surface area (Å²) in [5.41, 5.74) is 5.90. The Morgan fingerprint density at radius 3 is 2.53 bits per heavy atom. The molecule has 2 heterocycles. The zero-order valence-corrected chi connectivity index (χ0v) is 9.48. The number of hydrogen-bond acceptors (Lipinski definition) is 3. The Kier molecular flexibility index (Phi) is 2.98. The molecule has 4 heteroatoms. The highest BCUT2D eigenvalue weighted by Gasteiger charge is 2.36. The second-order valence-corrected chi connectivity index (χ2v) is 4.90. The minimum atomic E-state index is -0.211. The molecular formula is C11H20N2O2. The predicted octanol–water partition coefficient (Wildman–Crippen LogP) is 0.359. The topological polar surface area (TPSA) is 55.6 Å². The molecule has 1 amide bonds. The van der Waals surface area contributed by atoms with E-state index in [9.17, 15) is 4.79 Å². The van der Waals surface area contributed by atoms with Crippen LogP contribution in [0.3, 0.4) is 0 Å². The lowest BCUT2D eigenvalue weighted by Crippen LogP contribution is -2.39. The molecule has 86 valence electrons. The number of hydrogen-bond donors (Lipinski definition) is 1. The van der Waals surface area contributed by atoms with E-state index < -0.39 is 0 Å². The van der Waals surface area contributed by atoms with Crippen molar-refractivity contribution in [1.29, 1.82) is 0 Å². The van der Waals surface area contributed by atoms with Crippen LogP contribution in [-0.2, 0) is 9.53 Å². The van der Waals surface area contributed by atoms with Crippen molar-refractivity contribution >= 4 is 5.91 Å². The summed E-state index contributed by atoms with van der Waals surface area (Å²) in [5, 5.41) is 0. The molecule has 0 aromatic heterocycles. The van der Waals surface area contributed by atoms with E-state index in [0.717, 1.165) is 19.4 Å². The average molecular weight is 212 g/mol. The fourth-order valence-corrected chi connectivity index (χ4v) is 2.36. The first-order valence-corrected chi connectivity index (χ1v) is 5.77. The van der Waals surface area contributed by atoms with Gasteiger partial charge in [0, 0.05) is 19.1 Å². The highest BCUT2D eigenvalue weighted by molar-refractivity contribution is 5.81. The number of carbonyl (C=O) groups is 1. The van der Waals surface area contributed by atoms with Gasteiger partial charge in [-0.25, -0.2) is 0 Å². The Morgan fingerprint density at radius 1 is 1.33 bits per heavy atom. The Balaban J connectivity index is 1.92. The maximum Gasteiger partial charge on any atom is 0.251 e. The first-order chi connectivity index (χ1) is 7.08. The van der Waals surface area contributed by atoms with Crippen LogP contribution in [0.1, 0.15) is 26.7 Å². The van der Waals surface area contributed by atoms with Gasteiger partial charge in [0.15, 0.2) is 0 Å². The molecule has 0 aromatic rings. The first kappa shape index (κ1) is 10.9. The van der Waals surface area contributed by atoms with Gasteiger partial charge in [0.1, 0.15) is 6.10 Å². The Hall–Kier alpha value is -0.610. The molecule has 0 aliphatic carbocycles. The van der Waals surface area contributed by atoms with Gasteiger partial charge in [-0.15, -0.1) is 0 Å². The average Bonchev–Trinajstić information content (AvgIpc) is 2.74. The van der Waals surface area contributed by atoms with Crippen LogP contribution in [0, 0.1) is 5.92 Å². The summed E-state index contributed by atoms with van der Waals surface area (Å²) < 4.78 is 5.57. The lowest BCUT2D eigenvalue weighted by molar-refractivity contribution is -0.141. The van der Waals surface area contributed by atoms with Crippen molar-refractivity contribution in [2.24, 2.45) is 11.7 Å². The van der Waals surface area contributed by atoms with Gasteiger partial charge in [0.2, 0.25) is 0 Å². The summed E-state index contributed by atoms with van der Waals surface area (Å²) in [7, 11) is 0. The van der Waals surface area contributed by atoms with Crippen molar-refractivity contribution in [3.8, 4) is 0 Å². The zero-order valence-electron chi connectivity index (χ0n) is 9.48. The Morgan fingerprint density at radius 2 is 2.07 bits per heavy atom. The van der Waals surface area contributed by atoms with Crippen molar-refractivity contribution in [1.82, 2.24) is 4.90 Å². The largest absolute Gasteiger partial charge is 0.365 e. The van der Waals surface area contributed by atoms with E-state index in [1.807, 2.05) is 11.8 Å². The van der Waals surface area contributed by atoms with Gasteiger partial charge >= 0.3 is 0 Å². The van der Waals surface area contributed by atoms with Crippen molar-refractivity contribution in [3.05, 3.63) is 0 Å². The molecule has 2 aliphatic heterocycles. The summed E-state index contributed by atoms with van der Waals surface area (Å²) >= 11 is 0. The first-order valence-electron chi connectivity index (χ1n) is 5.77. The smallest absolute Gasteiger partial charge is 0.251 e. The lowest BCUT2D eigenvalue weighted by Gasteiger charge is -2.20. The standard InChI is InChI=1S/C11H20N2O2/c1-7-5-13(6-9(7)12)11(14)10-4-3-8(2)15-10/h7-10H,3-6,12H2,1-2H3. The SMILES string of the molecule is CC1CCC(C(=O)N2CC(C)C(N)C2)O1. The maximum absolute atomic E-state index is 12.0. The molecule has 0 spiro atoms. The monoisotopic (exact) mass is 212 g/mol. The summed E-state index contributed by atoms with van der Waals surface area (Å²) in [5.74, 6) is 0.548. The zero-order chi connectivity index (χ0) is 11.0. The van der Waals surface area contributed by atoms with Crippen molar-refractivity contribution in [2.75, 3.05) is 13.1 Å². The molecule has 15 heavy (non-hydrogen) atoms. The fraction of sp³-hybridized carbons (Fsp3) is 0.909. The number of ether oxygens (including phenoxy) is 1. The highest BCUT2D eigenvalue weighted by Crippen LogP contribution is 2.23. The molecule has 2 saturated heterocycles. The number of likely N-dealkylation sites (tertiary alicyclic amines) is 1. The molecule has 0 bridgehead atoms. The van der Waals surface area contributed by atoms with Crippen LogP contribution in [0.2, 0.25) is 0 Å². The van der Waals surface area contributed by atoms with Gasteiger partial charge in [-0.1, -0.05) is 6.92 Å². The van der Waals surface area contributed by atoms with Crippen molar-refractivity contribution < 1.29 is 9.53 Å². The van der Waals surface area contributed by atoms with Gasteiger partial charge in [0.05, 0.1) is 6.10 Å². The van der Waals surface area contributed by atoms with Crippen LogP contribution in [0.4, 0.5) is 0 Å². The fourth-order valence-electron chi connectivity index (χ4n) is 2.36. The van der Waals surface area contributed by atoms with Gasteiger partial charge in [-0.05, 0) is 25.7 Å². The van der Waals surface area contributed by atoms with E-state index in [4.69, 9.17) is 10.5 Å². The molecule has 2 aliphatic rings. The van der Waals surface area contributed by atoms with Gasteiger partial charge in [-0.2, -0.15) is 0 Å². The van der Waals surface area contributed by atoms with Crippen molar-refractivity contribution in [3.63, 3.8) is 0 Å². The van der Waals surface area contributed by atoms with Crippen molar-refractivity contribution in [2.45, 2.75) is 44.9 Å². The minimum absolute atomic E-state index is 0.132. The number of nitrogens with zero attached hydrogens (tertiary/aromatic N) is 1. The number of carbonyl (C=O) groups excluding carboxylic acids is 1. The molecule has 2 N–H and O–H groups in total. The van der Waals surface area contributed by atoms with E-state index in [0.29, 0.717) is 12.5 Å². The maximum atomic E-state index is 12.0. The molecule has 2 fully saturated rings. The highest BCUT2D eigenvalue weighted by atomic mass is 16.5. The summed E-state index contributed by atoms with van der Waals surface area (Å²) in [6.07, 6.45) is 1.87. The number of amides is 1. The van der Waals surface area contributed by atoms with Crippen LogP contribution < -0.4 is 5.73 Å². The van der Waals surface area contributed by atoms with E-state index in [2.05, 4.69) is 6.92 Å². The second-order valence-electron chi connectivity index (χ2n) is 4.90. The molecule has 4 unspecified atom stereocenters. The predicted molar refractivity (Wildman–Crippen MR) is 57.3 cm³/mol. The van der Waals surface area contributed by atoms with E-state index in [-0.39, 0.29) is 24.2 Å². The van der Waals surface area contributed by atoms with E-state index in [1.165, 1.54) is 0 Å². The molecule has 0 aromatic carbocycles. The normalized spacial score (nSPS) is 41.1. The van der Waals surface area contributed by atoms with Gasteiger partial charge in [-0.3, -0.25) is 4.79 Å². The molecule has 4 nitrogen and oxygen atoms in total. The summed E-state index contributed by atoms with van der Waals surface area (Å²) in [4.78, 5) is 13.9. The van der Waals surface area contributed by atoms with Crippen LogP contribution in [-0.4, -0.2) is 42.1 Å². The number of nitrogens with two attached hydrogens (primary N) is 1. The molecule has 4 atom stereocenters. The Labute approximate surface area is 90.8 Å². The van der Waals surface area contributed by atoms with Crippen LogP contribution >= 0.6 is 0 Å². The molecule has 0 saturated carbocycles. The minimum Gasteiger partial charge on any atom is -0.365 e. The third-order valence-electron chi connectivity index (χ3n) is 3.49. The Bertz CT molecular complexity index is 247. The van der Waals surface area contributed by atoms with Crippen LogP contribution in [0.25, 0.3) is 0 Å². The van der Waals surface area contributed by atoms with E-state index in [1.54, 1.807) is 0 Å². The molecular weight excluding hydrogens is 192 g/mol. The lowest BCUT2D eigenvalue weighted by atomic mass is 10.1. The summed E-state index contributed by atoms with van der Waals surface area (Å²) in [6, 6.07) is 0.132. The third-order valence-corrected chi connectivity index (χ3v) is 3.49. The van der Waals surface area contributed by atoms with Crippen LogP contribution in [0.15, 0.2) is 0 Å². The number of rotatable bonds is 1.